The van der Waals surface area contributed by atoms with Gasteiger partial charge < -0.3 is 33.9 Å². The van der Waals surface area contributed by atoms with E-state index in [4.69, 9.17) is 0 Å². The highest BCUT2D eigenvalue weighted by Crippen LogP contribution is 2.06. The summed E-state index contributed by atoms with van der Waals surface area (Å²) in [6, 6.07) is 37.9. The lowest BCUT2D eigenvalue weighted by Crippen LogP contribution is -2.00. The first-order chi connectivity index (χ1) is 29.1. The average molecular weight is 891 g/mol. The van der Waals surface area contributed by atoms with E-state index in [9.17, 15) is 28.8 Å². The zero-order valence-electron chi connectivity index (χ0n) is 38.0. The van der Waals surface area contributed by atoms with Gasteiger partial charge in [0.1, 0.15) is 0 Å². The van der Waals surface area contributed by atoms with Crippen molar-refractivity contribution < 1.29 is 62.7 Å². The third kappa shape index (κ3) is 30.0. The number of ether oxygens (including phenoxy) is 6. The maximum atomic E-state index is 10.9. The molecule has 5 aromatic carbocycles. The zero-order valence-corrected chi connectivity index (χ0v) is 38.0. The fourth-order valence-electron chi connectivity index (χ4n) is 3.92. The van der Waals surface area contributed by atoms with E-state index in [0.29, 0.717) is 27.8 Å². The third-order valence-electron chi connectivity index (χ3n) is 7.37. The van der Waals surface area contributed by atoms with Crippen molar-refractivity contribution >= 4 is 35.8 Å². The van der Waals surface area contributed by atoms with E-state index in [0.717, 1.165) is 22.3 Å². The highest BCUT2D eigenvalue weighted by Gasteiger charge is 2.05. The van der Waals surface area contributed by atoms with E-state index in [1.54, 1.807) is 72.8 Å². The number of hydrogen-bond acceptors (Lipinski definition) is 12. The quantitative estimate of drug-likeness (QED) is 0.120. The molecule has 0 heterocycles. The first-order valence-electron chi connectivity index (χ1n) is 18.8. The van der Waals surface area contributed by atoms with Gasteiger partial charge >= 0.3 is 35.8 Å². The molecule has 64 heavy (non-hydrogen) atoms. The fourth-order valence-corrected chi connectivity index (χ4v) is 3.92. The molecule has 13 heteroatoms. The van der Waals surface area contributed by atoms with Crippen molar-refractivity contribution in [2.45, 2.75) is 63.3 Å². The van der Waals surface area contributed by atoms with Crippen molar-refractivity contribution in [3.8, 4) is 0 Å². The van der Waals surface area contributed by atoms with Crippen LogP contribution < -0.4 is 0 Å². The lowest BCUT2D eigenvalue weighted by Gasteiger charge is -1.97. The molecule has 0 bridgehead atoms. The molecule has 0 aliphatic carbocycles. The number of rotatable bonds is 5. The molecule has 352 valence electrons. The molecular weight excluding hydrogens is 821 g/mol. The summed E-state index contributed by atoms with van der Waals surface area (Å²) in [4.78, 5) is 64.0. The predicted octanol–water partition coefficient (Wildman–Crippen LogP) is 10.3. The van der Waals surface area contributed by atoms with Crippen molar-refractivity contribution in [2.24, 2.45) is 0 Å². The third-order valence-corrected chi connectivity index (χ3v) is 7.37. The molecular formula is C51H70O13. The number of benzene rings is 5. The normalized spacial score (nSPS) is 8.39. The highest BCUT2D eigenvalue weighted by molar-refractivity contribution is 5.91. The van der Waals surface area contributed by atoms with Crippen molar-refractivity contribution in [3.05, 3.63) is 177 Å². The van der Waals surface area contributed by atoms with E-state index in [-0.39, 0.29) is 56.1 Å². The Morgan fingerprint density at radius 3 is 0.609 bits per heavy atom. The Labute approximate surface area is 381 Å². The maximum absolute atomic E-state index is 10.9. The number of methoxy groups -OCH3 is 6. The second-order valence-electron chi connectivity index (χ2n) is 12.0. The number of hydrogen-bond donors (Lipinski definition) is 0. The lowest BCUT2D eigenvalue weighted by molar-refractivity contribution is -0.137. The van der Waals surface area contributed by atoms with Crippen LogP contribution >= 0.6 is 0 Å². The Kier molecular flexibility index (Phi) is 41.2. The summed E-state index contributed by atoms with van der Waals surface area (Å²) < 4.78 is 26.8. The molecule has 0 aromatic heterocycles. The summed E-state index contributed by atoms with van der Waals surface area (Å²) in [6.07, 6.45) is 0. The molecule has 0 radical (unpaired) electrons. The van der Waals surface area contributed by atoms with Gasteiger partial charge in [-0.1, -0.05) is 118 Å². The first-order valence-corrected chi connectivity index (χ1v) is 18.8. The van der Waals surface area contributed by atoms with Gasteiger partial charge in [0.2, 0.25) is 0 Å². The van der Waals surface area contributed by atoms with E-state index in [1.165, 1.54) is 49.6 Å². The number of aryl methyl sites for hydroxylation is 4. The minimum absolute atomic E-state index is 0. The van der Waals surface area contributed by atoms with E-state index >= 15 is 0 Å². The van der Waals surface area contributed by atoms with Gasteiger partial charge in [-0.3, -0.25) is 4.79 Å². The van der Waals surface area contributed by atoms with Gasteiger partial charge in [0.15, 0.2) is 0 Å². The smallest absolute Gasteiger partial charge is 0.337 e. The minimum Gasteiger partial charge on any atom is -0.469 e. The van der Waals surface area contributed by atoms with Crippen LogP contribution in [0.15, 0.2) is 127 Å². The topological polar surface area (TPSA) is 189 Å². The molecule has 0 saturated heterocycles. The van der Waals surface area contributed by atoms with E-state index in [2.05, 4.69) is 28.4 Å². The Morgan fingerprint density at radius 1 is 0.312 bits per heavy atom. The second kappa shape index (κ2) is 40.0. The molecule has 0 spiro atoms. The molecule has 13 nitrogen and oxygen atoms in total. The standard InChI is InChI=1S/4C9H10O2.C8H8O2.C3H6O2.C2H6.2CH4.H2O/c4*1-7-3-5-8(6-4-7)9(10)11-2;1-10-8(9)7-5-3-2-4-6-7;1-3(4)5-2;1-2;;;/h4*3-6H,1-2H3;2-6H,1H3;1-2H3;1-2H3;2*1H4;1H2. The van der Waals surface area contributed by atoms with Crippen LogP contribution in [-0.2, 0) is 33.2 Å². The lowest BCUT2D eigenvalue weighted by atomic mass is 10.2. The monoisotopic (exact) mass is 890 g/mol. The molecule has 0 amide bonds. The molecule has 2 N–H and O–H groups in total. The van der Waals surface area contributed by atoms with E-state index < -0.39 is 0 Å². The van der Waals surface area contributed by atoms with Crippen LogP contribution in [0.3, 0.4) is 0 Å². The van der Waals surface area contributed by atoms with Gasteiger partial charge in [-0.15, -0.1) is 0 Å². The van der Waals surface area contributed by atoms with Gasteiger partial charge in [-0.05, 0) is 88.4 Å². The largest absolute Gasteiger partial charge is 0.469 e. The van der Waals surface area contributed by atoms with Crippen LogP contribution in [0.25, 0.3) is 0 Å². The van der Waals surface area contributed by atoms with Gasteiger partial charge in [0.25, 0.3) is 0 Å². The Hall–Kier alpha value is -7.12. The van der Waals surface area contributed by atoms with Gasteiger partial charge in [-0.2, -0.15) is 0 Å². The average Bonchev–Trinajstić information content (AvgIpc) is 3.30. The number of carbonyl (C=O) groups is 6. The molecule has 0 fully saturated rings. The van der Waals surface area contributed by atoms with Crippen molar-refractivity contribution in [1.29, 1.82) is 0 Å². The molecule has 5 aromatic rings. The highest BCUT2D eigenvalue weighted by atomic mass is 16.5. The first kappa shape index (κ1) is 66.0. The summed E-state index contributed by atoms with van der Waals surface area (Å²) in [5.74, 6) is -1.68. The van der Waals surface area contributed by atoms with Crippen LogP contribution in [-0.4, -0.2) is 84.0 Å². The molecule has 0 aliphatic rings. The summed E-state index contributed by atoms with van der Waals surface area (Å²) in [5.41, 5.74) is 7.52. The molecule has 0 atom stereocenters. The summed E-state index contributed by atoms with van der Waals surface area (Å²) in [7, 11) is 8.23. The van der Waals surface area contributed by atoms with Gasteiger partial charge in [0.05, 0.1) is 70.5 Å². The maximum Gasteiger partial charge on any atom is 0.337 e. The van der Waals surface area contributed by atoms with Crippen LogP contribution in [0.5, 0.6) is 0 Å². The van der Waals surface area contributed by atoms with Crippen molar-refractivity contribution in [3.63, 3.8) is 0 Å². The van der Waals surface area contributed by atoms with Crippen molar-refractivity contribution in [1.82, 2.24) is 0 Å². The minimum atomic E-state index is -0.291. The van der Waals surface area contributed by atoms with Gasteiger partial charge in [-0.25, -0.2) is 24.0 Å². The Bertz CT molecular complexity index is 1760. The van der Waals surface area contributed by atoms with Crippen molar-refractivity contribution in [2.75, 3.05) is 42.7 Å². The SMILES string of the molecule is C.C.CC.COC(=O)c1ccc(C)cc1.COC(=O)c1ccc(C)cc1.COC(=O)c1ccc(C)cc1.COC(=O)c1ccc(C)cc1.COC(=O)c1ccccc1.COC(C)=O.O. The second-order valence-corrected chi connectivity index (χ2v) is 12.0. The van der Waals surface area contributed by atoms with Crippen LogP contribution in [0, 0.1) is 27.7 Å². The molecule has 0 saturated carbocycles. The van der Waals surface area contributed by atoms with Crippen LogP contribution in [0.1, 0.15) is 110 Å². The summed E-state index contributed by atoms with van der Waals surface area (Å²) in [6.45, 7) is 13.3. The van der Waals surface area contributed by atoms with Crippen LogP contribution in [0.2, 0.25) is 0 Å². The molecule has 0 aliphatic heterocycles. The van der Waals surface area contributed by atoms with Gasteiger partial charge in [0, 0.05) is 6.92 Å². The van der Waals surface area contributed by atoms with E-state index in [1.807, 2.05) is 96.1 Å². The van der Waals surface area contributed by atoms with Crippen LogP contribution in [0.4, 0.5) is 0 Å². The Balaban J connectivity index is -0.000000216. The number of carbonyl (C=O) groups excluding carboxylic acids is 6. The Morgan fingerprint density at radius 2 is 0.469 bits per heavy atom. The molecule has 5 rings (SSSR count). The molecule has 0 unspecified atom stereocenters. The predicted molar refractivity (Wildman–Crippen MR) is 254 cm³/mol. The summed E-state index contributed by atoms with van der Waals surface area (Å²) >= 11 is 0. The summed E-state index contributed by atoms with van der Waals surface area (Å²) in [5, 5.41) is 0. The number of esters is 6. The zero-order chi connectivity index (χ0) is 46.8. The fraction of sp³-hybridized carbons (Fsp3) is 0.294.